The highest BCUT2D eigenvalue weighted by Crippen LogP contribution is 1.91. The number of nitrogens with two attached hydrogens (primary N) is 1. The highest BCUT2D eigenvalue weighted by molar-refractivity contribution is 5.77. The topological polar surface area (TPSA) is 53.6 Å². The van der Waals surface area contributed by atoms with Crippen LogP contribution in [0.25, 0.3) is 0 Å². The first kappa shape index (κ1) is 15.2. The van der Waals surface area contributed by atoms with Gasteiger partial charge in [-0.15, -0.1) is 0 Å². The highest BCUT2D eigenvalue weighted by atomic mass is 15.2. The quantitative estimate of drug-likeness (QED) is 0.486. The normalized spacial score (nSPS) is 12.5. The van der Waals surface area contributed by atoms with Gasteiger partial charge in [0.2, 0.25) is 0 Å². The Morgan fingerprint density at radius 2 is 2.00 bits per heavy atom. The van der Waals surface area contributed by atoms with Crippen LogP contribution in [0.3, 0.4) is 0 Å². The maximum absolute atomic E-state index is 5.74. The van der Waals surface area contributed by atoms with Crippen molar-refractivity contribution < 1.29 is 0 Å². The van der Waals surface area contributed by atoms with Crippen molar-refractivity contribution in [2.75, 3.05) is 32.7 Å². The molecule has 0 aliphatic carbocycles. The molecule has 0 saturated heterocycles. The predicted octanol–water partition coefficient (Wildman–Crippen LogP) is 1.28. The molecule has 0 fully saturated rings. The molecule has 0 aromatic heterocycles. The van der Waals surface area contributed by atoms with Crippen LogP contribution < -0.4 is 11.1 Å². The van der Waals surface area contributed by atoms with Gasteiger partial charge in [0.1, 0.15) is 0 Å². The lowest BCUT2D eigenvalue weighted by Gasteiger charge is -2.19. The molecule has 0 saturated carbocycles. The van der Waals surface area contributed by atoms with E-state index in [0.29, 0.717) is 11.9 Å². The van der Waals surface area contributed by atoms with Crippen LogP contribution in [0.2, 0.25) is 0 Å². The summed E-state index contributed by atoms with van der Waals surface area (Å²) in [5.41, 5.74) is 5.74. The predicted molar refractivity (Wildman–Crippen MR) is 71.7 cm³/mol. The van der Waals surface area contributed by atoms with Gasteiger partial charge in [0, 0.05) is 19.6 Å². The van der Waals surface area contributed by atoms with Gasteiger partial charge >= 0.3 is 0 Å². The minimum atomic E-state index is 0.563. The molecular formula is C12H28N4. The second-order valence-electron chi connectivity index (χ2n) is 4.48. The Balaban J connectivity index is 3.66. The van der Waals surface area contributed by atoms with Gasteiger partial charge in [-0.2, -0.15) is 0 Å². The van der Waals surface area contributed by atoms with Crippen molar-refractivity contribution in [3.05, 3.63) is 0 Å². The summed E-state index contributed by atoms with van der Waals surface area (Å²) in [6, 6.07) is 0. The average molecular weight is 228 g/mol. The van der Waals surface area contributed by atoms with Crippen molar-refractivity contribution in [3.8, 4) is 0 Å². The van der Waals surface area contributed by atoms with Crippen LogP contribution in [0.1, 0.15) is 34.1 Å². The monoisotopic (exact) mass is 228 g/mol. The van der Waals surface area contributed by atoms with E-state index in [-0.39, 0.29) is 0 Å². The molecule has 0 aliphatic heterocycles. The fourth-order valence-electron chi connectivity index (χ4n) is 1.42. The van der Waals surface area contributed by atoms with Gasteiger partial charge in [-0.3, -0.25) is 4.99 Å². The molecule has 0 bridgehead atoms. The van der Waals surface area contributed by atoms with E-state index < -0.39 is 0 Å². The molecule has 0 amide bonds. The first-order valence-corrected chi connectivity index (χ1v) is 6.36. The molecule has 16 heavy (non-hydrogen) atoms. The zero-order valence-corrected chi connectivity index (χ0v) is 11.3. The summed E-state index contributed by atoms with van der Waals surface area (Å²) in [6.07, 6.45) is 1.20. The fraction of sp³-hybridized carbons (Fsp3) is 0.917. The molecule has 0 atom stereocenters. The van der Waals surface area contributed by atoms with Gasteiger partial charge < -0.3 is 16.0 Å². The summed E-state index contributed by atoms with van der Waals surface area (Å²) >= 11 is 0. The van der Waals surface area contributed by atoms with Crippen molar-refractivity contribution in [3.63, 3.8) is 0 Å². The van der Waals surface area contributed by atoms with Crippen LogP contribution in [0.15, 0.2) is 4.99 Å². The van der Waals surface area contributed by atoms with E-state index in [4.69, 9.17) is 5.73 Å². The Morgan fingerprint density at radius 1 is 1.31 bits per heavy atom. The van der Waals surface area contributed by atoms with Crippen molar-refractivity contribution in [1.82, 2.24) is 10.2 Å². The third-order valence-corrected chi connectivity index (χ3v) is 2.35. The largest absolute Gasteiger partial charge is 0.370 e. The lowest BCUT2D eigenvalue weighted by atomic mass is 10.2. The van der Waals surface area contributed by atoms with Crippen LogP contribution in [0, 0.1) is 5.92 Å². The van der Waals surface area contributed by atoms with E-state index in [9.17, 15) is 0 Å². The molecule has 0 aromatic carbocycles. The van der Waals surface area contributed by atoms with Gasteiger partial charge in [-0.05, 0) is 25.4 Å². The lowest BCUT2D eigenvalue weighted by Crippen LogP contribution is -2.39. The van der Waals surface area contributed by atoms with Crippen molar-refractivity contribution in [2.24, 2.45) is 16.6 Å². The van der Waals surface area contributed by atoms with Crippen LogP contribution >= 0.6 is 0 Å². The summed E-state index contributed by atoms with van der Waals surface area (Å²) in [4.78, 5) is 6.66. The Hall–Kier alpha value is -0.770. The maximum atomic E-state index is 5.74. The molecule has 4 heteroatoms. The van der Waals surface area contributed by atoms with Crippen LogP contribution in [0.5, 0.6) is 0 Å². The number of hydrogen-bond acceptors (Lipinski definition) is 2. The van der Waals surface area contributed by atoms with Crippen LogP contribution in [-0.2, 0) is 0 Å². The molecule has 3 N–H and O–H groups in total. The molecule has 96 valence electrons. The second kappa shape index (κ2) is 9.46. The SMILES string of the molecule is CCCN(CC)CCNC(N)=NCC(C)C. The summed E-state index contributed by atoms with van der Waals surface area (Å²) in [6.45, 7) is 13.6. The highest BCUT2D eigenvalue weighted by Gasteiger charge is 2.00. The molecule has 0 aliphatic rings. The van der Waals surface area contributed by atoms with E-state index in [1.165, 1.54) is 6.42 Å². The molecule has 4 nitrogen and oxygen atoms in total. The number of nitrogens with one attached hydrogen (secondary N) is 1. The van der Waals surface area contributed by atoms with Gasteiger partial charge in [-0.1, -0.05) is 27.7 Å². The molecule has 0 spiro atoms. The third kappa shape index (κ3) is 8.53. The first-order chi connectivity index (χ1) is 7.60. The van der Waals surface area contributed by atoms with Gasteiger partial charge in [0.05, 0.1) is 0 Å². The summed E-state index contributed by atoms with van der Waals surface area (Å²) in [5.74, 6) is 1.13. The third-order valence-electron chi connectivity index (χ3n) is 2.35. The Bertz CT molecular complexity index is 189. The molecule has 0 radical (unpaired) electrons. The standard InChI is InChI=1S/C12H28N4/c1-5-8-16(6-2)9-7-14-12(13)15-10-11(3)4/h11H,5-10H2,1-4H3,(H3,13,14,15). The zero-order chi connectivity index (χ0) is 12.4. The Morgan fingerprint density at radius 3 is 2.50 bits per heavy atom. The molecular weight excluding hydrogens is 200 g/mol. The Labute approximate surface area is 100 Å². The summed E-state index contributed by atoms with van der Waals surface area (Å²) in [7, 11) is 0. The van der Waals surface area contributed by atoms with Gasteiger partial charge in [-0.25, -0.2) is 0 Å². The summed E-state index contributed by atoms with van der Waals surface area (Å²) in [5, 5.41) is 3.15. The van der Waals surface area contributed by atoms with Gasteiger partial charge in [0.25, 0.3) is 0 Å². The lowest BCUT2D eigenvalue weighted by molar-refractivity contribution is 0.293. The van der Waals surface area contributed by atoms with E-state index in [2.05, 4.69) is 42.9 Å². The zero-order valence-electron chi connectivity index (χ0n) is 11.3. The molecule has 0 aromatic rings. The number of hydrogen-bond donors (Lipinski definition) is 2. The van der Waals surface area contributed by atoms with Crippen molar-refractivity contribution in [1.29, 1.82) is 0 Å². The molecule has 0 rings (SSSR count). The maximum Gasteiger partial charge on any atom is 0.188 e. The average Bonchev–Trinajstić information content (AvgIpc) is 2.25. The van der Waals surface area contributed by atoms with Crippen molar-refractivity contribution in [2.45, 2.75) is 34.1 Å². The van der Waals surface area contributed by atoms with E-state index in [1.54, 1.807) is 0 Å². The van der Waals surface area contributed by atoms with Gasteiger partial charge in [0.15, 0.2) is 5.96 Å². The van der Waals surface area contributed by atoms with E-state index >= 15 is 0 Å². The fourth-order valence-corrected chi connectivity index (χ4v) is 1.42. The van der Waals surface area contributed by atoms with Crippen LogP contribution in [0.4, 0.5) is 0 Å². The minimum absolute atomic E-state index is 0.563. The number of aliphatic imine (C=N–C) groups is 1. The first-order valence-electron chi connectivity index (χ1n) is 6.36. The van der Waals surface area contributed by atoms with Crippen LogP contribution in [-0.4, -0.2) is 43.6 Å². The molecule has 0 unspecified atom stereocenters. The second-order valence-corrected chi connectivity index (χ2v) is 4.48. The van der Waals surface area contributed by atoms with E-state index in [1.807, 2.05) is 0 Å². The number of nitrogens with zero attached hydrogens (tertiary/aromatic N) is 2. The number of rotatable bonds is 8. The van der Waals surface area contributed by atoms with Crippen molar-refractivity contribution >= 4 is 5.96 Å². The number of guanidine groups is 1. The molecule has 0 heterocycles. The Kier molecular flexibility index (Phi) is 9.00. The number of likely N-dealkylation sites (N-methyl/N-ethyl adjacent to an activating group) is 1. The smallest absolute Gasteiger partial charge is 0.188 e. The summed E-state index contributed by atoms with van der Waals surface area (Å²) < 4.78 is 0. The minimum Gasteiger partial charge on any atom is -0.370 e. The van der Waals surface area contributed by atoms with E-state index in [0.717, 1.165) is 32.7 Å².